The first-order valence-electron chi connectivity index (χ1n) is 9.47. The molecule has 3 rings (SSSR count). The predicted octanol–water partition coefficient (Wildman–Crippen LogP) is 1.71. The first-order valence-corrected chi connectivity index (χ1v) is 9.47. The van der Waals surface area contributed by atoms with Crippen molar-refractivity contribution in [2.45, 2.75) is 38.6 Å². The fourth-order valence-corrected chi connectivity index (χ4v) is 4.03. The highest BCUT2D eigenvalue weighted by Gasteiger charge is 2.38. The molecular formula is C19H26N4O4. The Morgan fingerprint density at radius 2 is 1.93 bits per heavy atom. The van der Waals surface area contributed by atoms with Crippen LogP contribution in [0.25, 0.3) is 0 Å². The van der Waals surface area contributed by atoms with Crippen LogP contribution in [0.4, 0.5) is 5.69 Å². The lowest BCUT2D eigenvalue weighted by atomic mass is 9.96. The van der Waals surface area contributed by atoms with Crippen LogP contribution in [0.5, 0.6) is 0 Å². The number of amides is 2. The number of hydrogen-bond acceptors (Lipinski definition) is 5. The van der Waals surface area contributed by atoms with Crippen LogP contribution in [-0.2, 0) is 4.79 Å². The molecule has 0 saturated carbocycles. The highest BCUT2D eigenvalue weighted by molar-refractivity contribution is 5.98. The van der Waals surface area contributed by atoms with E-state index in [9.17, 15) is 19.7 Å². The Bertz CT molecular complexity index is 743. The van der Waals surface area contributed by atoms with E-state index in [1.165, 1.54) is 18.2 Å². The second-order valence-corrected chi connectivity index (χ2v) is 7.42. The molecule has 8 nitrogen and oxygen atoms in total. The highest BCUT2D eigenvalue weighted by Crippen LogP contribution is 2.26. The van der Waals surface area contributed by atoms with Crippen LogP contribution < -0.4 is 5.73 Å². The van der Waals surface area contributed by atoms with Gasteiger partial charge in [0, 0.05) is 36.8 Å². The van der Waals surface area contributed by atoms with Crippen molar-refractivity contribution in [2.75, 3.05) is 26.2 Å². The molecule has 146 valence electrons. The molecule has 2 aliphatic heterocycles. The van der Waals surface area contributed by atoms with Crippen molar-refractivity contribution in [2.24, 2.45) is 11.7 Å². The van der Waals surface area contributed by atoms with Crippen LogP contribution in [0.3, 0.4) is 0 Å². The van der Waals surface area contributed by atoms with Gasteiger partial charge >= 0.3 is 0 Å². The van der Waals surface area contributed by atoms with E-state index < -0.39 is 11.0 Å². The average molecular weight is 374 g/mol. The summed E-state index contributed by atoms with van der Waals surface area (Å²) < 4.78 is 0. The van der Waals surface area contributed by atoms with E-state index in [1.807, 2.05) is 4.90 Å². The lowest BCUT2D eigenvalue weighted by molar-refractivity contribution is -0.385. The first-order chi connectivity index (χ1) is 12.9. The van der Waals surface area contributed by atoms with E-state index in [1.54, 1.807) is 11.8 Å². The summed E-state index contributed by atoms with van der Waals surface area (Å²) in [4.78, 5) is 39.9. The number of carbonyl (C=O) groups excluding carboxylic acids is 2. The summed E-state index contributed by atoms with van der Waals surface area (Å²) in [5.74, 6) is 0.245. The van der Waals surface area contributed by atoms with E-state index in [0.29, 0.717) is 49.6 Å². The molecule has 0 aromatic heterocycles. The molecule has 1 aromatic carbocycles. The topological polar surface area (TPSA) is 110 Å². The van der Waals surface area contributed by atoms with Gasteiger partial charge in [0.05, 0.1) is 4.92 Å². The molecule has 1 atom stereocenters. The van der Waals surface area contributed by atoms with Crippen molar-refractivity contribution in [3.63, 3.8) is 0 Å². The maximum atomic E-state index is 13.0. The molecule has 8 heteroatoms. The van der Waals surface area contributed by atoms with Crippen LogP contribution in [0.15, 0.2) is 18.2 Å². The number of nitrogens with zero attached hydrogens (tertiary/aromatic N) is 3. The molecule has 1 aromatic rings. The van der Waals surface area contributed by atoms with Crippen LogP contribution in [0.2, 0.25) is 0 Å². The quantitative estimate of drug-likeness (QED) is 0.637. The van der Waals surface area contributed by atoms with Gasteiger partial charge < -0.3 is 15.5 Å². The number of hydrogen-bond donors (Lipinski definition) is 1. The van der Waals surface area contributed by atoms with Gasteiger partial charge in [0.1, 0.15) is 6.04 Å². The second-order valence-electron chi connectivity index (χ2n) is 7.42. The van der Waals surface area contributed by atoms with Gasteiger partial charge in [-0.1, -0.05) is 0 Å². The average Bonchev–Trinajstić information content (AvgIpc) is 3.16. The van der Waals surface area contributed by atoms with Gasteiger partial charge in [0.25, 0.3) is 11.6 Å². The number of benzene rings is 1. The molecule has 0 bridgehead atoms. The van der Waals surface area contributed by atoms with Crippen LogP contribution in [0.1, 0.15) is 41.6 Å². The summed E-state index contributed by atoms with van der Waals surface area (Å²) >= 11 is 0. The molecule has 0 radical (unpaired) electrons. The van der Waals surface area contributed by atoms with Crippen molar-refractivity contribution in [1.29, 1.82) is 0 Å². The Morgan fingerprint density at radius 1 is 1.22 bits per heavy atom. The maximum absolute atomic E-state index is 13.0. The molecule has 0 spiro atoms. The molecule has 2 heterocycles. The van der Waals surface area contributed by atoms with Gasteiger partial charge in [-0.05, 0) is 57.2 Å². The zero-order chi connectivity index (χ0) is 19.6. The van der Waals surface area contributed by atoms with Crippen molar-refractivity contribution >= 4 is 17.5 Å². The molecule has 1 unspecified atom stereocenters. The summed E-state index contributed by atoms with van der Waals surface area (Å²) in [5, 5.41) is 11.0. The Kier molecular flexibility index (Phi) is 5.74. The van der Waals surface area contributed by atoms with E-state index in [2.05, 4.69) is 0 Å². The molecule has 2 fully saturated rings. The molecule has 2 amide bonds. The zero-order valence-electron chi connectivity index (χ0n) is 15.6. The molecule has 2 saturated heterocycles. The number of aryl methyl sites for hydroxylation is 1. The van der Waals surface area contributed by atoms with Gasteiger partial charge in [-0.2, -0.15) is 0 Å². The molecule has 27 heavy (non-hydrogen) atoms. The van der Waals surface area contributed by atoms with E-state index in [0.717, 1.165) is 19.3 Å². The van der Waals surface area contributed by atoms with Crippen LogP contribution in [-0.4, -0.2) is 58.8 Å². The smallest absolute Gasteiger partial charge is 0.272 e. The van der Waals surface area contributed by atoms with Crippen molar-refractivity contribution in [1.82, 2.24) is 9.80 Å². The summed E-state index contributed by atoms with van der Waals surface area (Å²) in [5.41, 5.74) is 6.54. The minimum atomic E-state index is -0.462. The van der Waals surface area contributed by atoms with Crippen molar-refractivity contribution in [3.05, 3.63) is 39.4 Å². The van der Waals surface area contributed by atoms with E-state index >= 15 is 0 Å². The normalized spacial score (nSPS) is 20.7. The Morgan fingerprint density at radius 3 is 2.52 bits per heavy atom. The molecule has 2 N–H and O–H groups in total. The zero-order valence-corrected chi connectivity index (χ0v) is 15.6. The number of piperidine rings is 1. The lowest BCUT2D eigenvalue weighted by Crippen LogP contribution is -2.50. The minimum absolute atomic E-state index is 0.00922. The first kappa shape index (κ1) is 19.3. The second kappa shape index (κ2) is 8.04. The van der Waals surface area contributed by atoms with Crippen molar-refractivity contribution < 1.29 is 14.5 Å². The Balaban J connectivity index is 1.72. The summed E-state index contributed by atoms with van der Waals surface area (Å²) in [6, 6.07) is 3.92. The van der Waals surface area contributed by atoms with Crippen LogP contribution in [0, 0.1) is 23.0 Å². The number of likely N-dealkylation sites (tertiary alicyclic amines) is 2. The fourth-order valence-electron chi connectivity index (χ4n) is 4.03. The molecule has 0 aliphatic carbocycles. The van der Waals surface area contributed by atoms with E-state index in [-0.39, 0.29) is 17.5 Å². The standard InChI is InChI=1S/C19H26N4O4/c1-13-11-15(4-5-16(13)23(26)27)18(24)22-8-2-3-17(22)19(25)21-9-6-14(12-20)7-10-21/h4-5,11,14,17H,2-3,6-10,12,20H2,1H3. The molecular weight excluding hydrogens is 348 g/mol. The summed E-state index contributed by atoms with van der Waals surface area (Å²) in [6.07, 6.45) is 3.26. The lowest BCUT2D eigenvalue weighted by Gasteiger charge is -2.35. The van der Waals surface area contributed by atoms with Crippen LogP contribution >= 0.6 is 0 Å². The third-order valence-electron chi connectivity index (χ3n) is 5.70. The van der Waals surface area contributed by atoms with Gasteiger partial charge in [0.2, 0.25) is 5.91 Å². The van der Waals surface area contributed by atoms with Gasteiger partial charge in [-0.3, -0.25) is 19.7 Å². The monoisotopic (exact) mass is 374 g/mol. The minimum Gasteiger partial charge on any atom is -0.341 e. The van der Waals surface area contributed by atoms with Gasteiger partial charge in [-0.15, -0.1) is 0 Å². The summed E-state index contributed by atoms with van der Waals surface area (Å²) in [6.45, 7) is 4.18. The number of nitrogens with two attached hydrogens (primary N) is 1. The highest BCUT2D eigenvalue weighted by atomic mass is 16.6. The predicted molar refractivity (Wildman–Crippen MR) is 100 cm³/mol. The largest absolute Gasteiger partial charge is 0.341 e. The third-order valence-corrected chi connectivity index (χ3v) is 5.70. The summed E-state index contributed by atoms with van der Waals surface area (Å²) in [7, 11) is 0. The number of carbonyl (C=O) groups is 2. The van der Waals surface area contributed by atoms with Crippen molar-refractivity contribution in [3.8, 4) is 0 Å². The fraction of sp³-hybridized carbons (Fsp3) is 0.579. The Hall–Kier alpha value is -2.48. The number of rotatable bonds is 4. The molecule has 2 aliphatic rings. The Labute approximate surface area is 158 Å². The maximum Gasteiger partial charge on any atom is 0.272 e. The van der Waals surface area contributed by atoms with Gasteiger partial charge in [0.15, 0.2) is 0 Å². The van der Waals surface area contributed by atoms with Gasteiger partial charge in [-0.25, -0.2) is 0 Å². The third kappa shape index (κ3) is 3.95. The SMILES string of the molecule is Cc1cc(C(=O)N2CCCC2C(=O)N2CCC(CN)CC2)ccc1[N+](=O)[O-]. The number of nitro groups is 1. The van der Waals surface area contributed by atoms with E-state index in [4.69, 9.17) is 5.73 Å². The number of nitro benzene ring substituents is 1.